The highest BCUT2D eigenvalue weighted by Gasteiger charge is 2.11. The molecule has 4 aromatic rings. The molecule has 168 valence electrons. The summed E-state index contributed by atoms with van der Waals surface area (Å²) in [7, 11) is 1.56. The third-order valence-electron chi connectivity index (χ3n) is 5.25. The second kappa shape index (κ2) is 10.2. The lowest BCUT2D eigenvalue weighted by Gasteiger charge is -2.13. The average Bonchev–Trinajstić information content (AvgIpc) is 3.22. The van der Waals surface area contributed by atoms with Gasteiger partial charge in [-0.3, -0.25) is 15.1 Å². The first-order chi connectivity index (χ1) is 16.0. The summed E-state index contributed by atoms with van der Waals surface area (Å²) < 4.78 is 5.22. The number of carbonyl (C=O) groups is 1. The quantitative estimate of drug-likeness (QED) is 0.259. The van der Waals surface area contributed by atoms with Gasteiger partial charge < -0.3 is 15.0 Å². The predicted molar refractivity (Wildman–Crippen MR) is 135 cm³/mol. The summed E-state index contributed by atoms with van der Waals surface area (Å²) in [6.45, 7) is 2.44. The minimum atomic E-state index is -0.239. The first-order valence-corrected chi connectivity index (χ1v) is 11.0. The molecule has 0 aliphatic rings. The number of ether oxygens (including phenoxy) is 1. The second-order valence-corrected chi connectivity index (χ2v) is 8.04. The fraction of sp³-hybridized carbons (Fsp3) is 0.154. The zero-order valence-electron chi connectivity index (χ0n) is 18.5. The number of aromatic nitrogens is 1. The largest absolute Gasteiger partial charge is 0.495 e. The van der Waals surface area contributed by atoms with E-state index in [-0.39, 0.29) is 5.91 Å². The number of hydrogen-bond donors (Lipinski definition) is 3. The van der Waals surface area contributed by atoms with Crippen molar-refractivity contribution in [2.75, 3.05) is 19.0 Å². The van der Waals surface area contributed by atoms with Crippen LogP contribution in [0.2, 0.25) is 5.02 Å². The highest BCUT2D eigenvalue weighted by molar-refractivity contribution is 6.32. The summed E-state index contributed by atoms with van der Waals surface area (Å²) in [4.78, 5) is 20.8. The van der Waals surface area contributed by atoms with Crippen molar-refractivity contribution >= 4 is 40.1 Å². The highest BCUT2D eigenvalue weighted by atomic mass is 35.5. The van der Waals surface area contributed by atoms with Crippen molar-refractivity contribution in [2.24, 2.45) is 4.99 Å². The maximum Gasteiger partial charge on any atom is 0.257 e. The van der Waals surface area contributed by atoms with E-state index in [0.717, 1.165) is 17.5 Å². The Kier molecular flexibility index (Phi) is 6.95. The first kappa shape index (κ1) is 22.4. The minimum absolute atomic E-state index is 0.239. The molecule has 1 heterocycles. The number of nitrogens with zero attached hydrogens (tertiary/aromatic N) is 1. The fourth-order valence-electron chi connectivity index (χ4n) is 3.58. The van der Waals surface area contributed by atoms with Crippen LogP contribution < -0.4 is 15.4 Å². The standard InChI is InChI=1S/C26H25ClN4O2/c1-17-6-5-7-18(14-17)25(32)31-26(30-20-10-11-24(33-2)22(27)15-20)28-13-12-19-16-29-23-9-4-3-8-21(19)23/h3-11,14-16,29H,12-13H2,1-2H3,(H2,28,30,31,32). The molecule has 33 heavy (non-hydrogen) atoms. The van der Waals surface area contributed by atoms with E-state index in [1.807, 2.05) is 55.6 Å². The van der Waals surface area contributed by atoms with E-state index in [9.17, 15) is 4.79 Å². The summed E-state index contributed by atoms with van der Waals surface area (Å²) in [6.07, 6.45) is 2.72. The number of anilines is 1. The molecule has 1 aromatic heterocycles. The lowest BCUT2D eigenvalue weighted by molar-refractivity contribution is 0.0977. The van der Waals surface area contributed by atoms with Crippen LogP contribution in [0.4, 0.5) is 5.69 Å². The number of halogens is 1. The van der Waals surface area contributed by atoms with Crippen LogP contribution in [0.1, 0.15) is 21.5 Å². The van der Waals surface area contributed by atoms with Crippen LogP contribution in [0.15, 0.2) is 77.9 Å². The molecule has 7 heteroatoms. The van der Waals surface area contributed by atoms with Crippen molar-refractivity contribution in [1.29, 1.82) is 0 Å². The maximum atomic E-state index is 12.8. The summed E-state index contributed by atoms with van der Waals surface area (Å²) in [5, 5.41) is 7.70. The summed E-state index contributed by atoms with van der Waals surface area (Å²) in [5.74, 6) is 0.683. The molecule has 3 aromatic carbocycles. The maximum absolute atomic E-state index is 12.8. The zero-order chi connectivity index (χ0) is 23.2. The van der Waals surface area contributed by atoms with Gasteiger partial charge in [0, 0.05) is 34.9 Å². The number of hydrogen-bond acceptors (Lipinski definition) is 3. The molecule has 3 N–H and O–H groups in total. The number of aryl methyl sites for hydroxylation is 1. The molecular formula is C26H25ClN4O2. The summed E-state index contributed by atoms with van der Waals surface area (Å²) >= 11 is 6.26. The fourth-order valence-corrected chi connectivity index (χ4v) is 3.84. The Bertz CT molecular complexity index is 1310. The Morgan fingerprint density at radius 2 is 1.94 bits per heavy atom. The van der Waals surface area contributed by atoms with E-state index >= 15 is 0 Å². The molecule has 0 aliphatic carbocycles. The lowest BCUT2D eigenvalue weighted by Crippen LogP contribution is -2.36. The van der Waals surface area contributed by atoms with Crippen molar-refractivity contribution in [3.8, 4) is 5.75 Å². The van der Waals surface area contributed by atoms with E-state index in [2.05, 4.69) is 26.7 Å². The van der Waals surface area contributed by atoms with Crippen molar-refractivity contribution in [3.05, 3.63) is 94.6 Å². The van der Waals surface area contributed by atoms with Crippen molar-refractivity contribution < 1.29 is 9.53 Å². The number of methoxy groups -OCH3 is 1. The molecule has 0 bridgehead atoms. The molecule has 0 aliphatic heterocycles. The Morgan fingerprint density at radius 3 is 2.73 bits per heavy atom. The van der Waals surface area contributed by atoms with E-state index in [0.29, 0.717) is 34.5 Å². The number of fused-ring (bicyclic) bond motifs is 1. The van der Waals surface area contributed by atoms with Crippen LogP contribution >= 0.6 is 11.6 Å². The third kappa shape index (κ3) is 5.54. The number of rotatable bonds is 6. The minimum Gasteiger partial charge on any atom is -0.495 e. The molecule has 0 spiro atoms. The topological polar surface area (TPSA) is 78.5 Å². The highest BCUT2D eigenvalue weighted by Crippen LogP contribution is 2.27. The van der Waals surface area contributed by atoms with Crippen LogP contribution in [-0.2, 0) is 6.42 Å². The predicted octanol–water partition coefficient (Wildman–Crippen LogP) is 5.58. The molecule has 1 amide bonds. The van der Waals surface area contributed by atoms with Gasteiger partial charge in [-0.15, -0.1) is 0 Å². The summed E-state index contributed by atoms with van der Waals surface area (Å²) in [6, 6.07) is 20.9. The molecule has 0 fully saturated rings. The van der Waals surface area contributed by atoms with Gasteiger partial charge in [-0.05, 0) is 55.3 Å². The van der Waals surface area contributed by atoms with Gasteiger partial charge in [-0.2, -0.15) is 0 Å². The van der Waals surface area contributed by atoms with Gasteiger partial charge in [0.15, 0.2) is 0 Å². The molecule has 4 rings (SSSR count). The van der Waals surface area contributed by atoms with E-state index in [1.165, 1.54) is 10.9 Å². The lowest BCUT2D eigenvalue weighted by atomic mass is 10.1. The smallest absolute Gasteiger partial charge is 0.257 e. The molecule has 6 nitrogen and oxygen atoms in total. The van der Waals surface area contributed by atoms with Crippen LogP contribution in [0.5, 0.6) is 5.75 Å². The number of amides is 1. The molecule has 0 radical (unpaired) electrons. The molecular weight excluding hydrogens is 436 g/mol. The number of benzene rings is 3. The van der Waals surface area contributed by atoms with Crippen molar-refractivity contribution in [3.63, 3.8) is 0 Å². The monoisotopic (exact) mass is 460 g/mol. The van der Waals surface area contributed by atoms with E-state index < -0.39 is 0 Å². The molecule has 0 atom stereocenters. The Balaban J connectivity index is 1.54. The molecule has 0 unspecified atom stereocenters. The molecule has 0 saturated heterocycles. The van der Waals surface area contributed by atoms with Crippen LogP contribution in [0.3, 0.4) is 0 Å². The number of guanidine groups is 1. The number of H-pyrrole nitrogens is 1. The van der Waals surface area contributed by atoms with Gasteiger partial charge in [-0.25, -0.2) is 0 Å². The van der Waals surface area contributed by atoms with Gasteiger partial charge in [0.2, 0.25) is 5.96 Å². The Labute approximate surface area is 197 Å². The zero-order valence-corrected chi connectivity index (χ0v) is 19.2. The van der Waals surface area contributed by atoms with Gasteiger partial charge in [0.25, 0.3) is 5.91 Å². The van der Waals surface area contributed by atoms with Gasteiger partial charge in [0.1, 0.15) is 5.75 Å². The van der Waals surface area contributed by atoms with Crippen molar-refractivity contribution in [2.45, 2.75) is 13.3 Å². The Morgan fingerprint density at radius 1 is 1.09 bits per heavy atom. The Hall–Kier alpha value is -3.77. The van der Waals surface area contributed by atoms with E-state index in [1.54, 1.807) is 25.3 Å². The third-order valence-corrected chi connectivity index (χ3v) is 5.55. The van der Waals surface area contributed by atoms with E-state index in [4.69, 9.17) is 16.3 Å². The SMILES string of the molecule is COc1ccc(NC(=NCCc2c[nH]c3ccccc23)NC(=O)c2cccc(C)c2)cc1Cl. The number of carbonyl (C=O) groups excluding carboxylic acids is 1. The van der Waals surface area contributed by atoms with Crippen molar-refractivity contribution in [1.82, 2.24) is 10.3 Å². The first-order valence-electron chi connectivity index (χ1n) is 10.6. The van der Waals surface area contributed by atoms with Crippen LogP contribution in [0, 0.1) is 6.92 Å². The second-order valence-electron chi connectivity index (χ2n) is 7.64. The molecule has 0 saturated carbocycles. The van der Waals surface area contributed by atoms with Gasteiger partial charge in [0.05, 0.1) is 12.1 Å². The number of aromatic amines is 1. The van der Waals surface area contributed by atoms with Gasteiger partial charge >= 0.3 is 0 Å². The number of para-hydroxylation sites is 1. The van der Waals surface area contributed by atoms with Crippen LogP contribution in [0.25, 0.3) is 10.9 Å². The van der Waals surface area contributed by atoms with Crippen LogP contribution in [-0.4, -0.2) is 30.5 Å². The average molecular weight is 461 g/mol. The normalized spacial score (nSPS) is 11.4. The van der Waals surface area contributed by atoms with Gasteiger partial charge in [-0.1, -0.05) is 47.5 Å². The number of aliphatic imine (C=N–C) groups is 1. The summed E-state index contributed by atoms with van der Waals surface area (Å²) in [5.41, 5.74) is 4.53. The number of nitrogens with one attached hydrogen (secondary N) is 3.